The first-order valence-corrected chi connectivity index (χ1v) is 6.46. The summed E-state index contributed by atoms with van der Waals surface area (Å²) in [5.41, 5.74) is 9.85. The Bertz CT molecular complexity index is 764. The van der Waals surface area contributed by atoms with Crippen molar-refractivity contribution < 1.29 is 4.74 Å². The molecule has 0 bridgehead atoms. The molecule has 2 aromatic carbocycles. The third-order valence-corrected chi connectivity index (χ3v) is 3.67. The number of fused-ring (bicyclic) bond motifs is 4. The van der Waals surface area contributed by atoms with Gasteiger partial charge in [0, 0.05) is 23.4 Å². The number of rotatable bonds is 0. The Balaban J connectivity index is 1.86. The van der Waals surface area contributed by atoms with Crippen molar-refractivity contribution in [1.29, 1.82) is 5.41 Å². The summed E-state index contributed by atoms with van der Waals surface area (Å²) in [6, 6.07) is 13.4. The normalized spacial score (nSPS) is 18.9. The van der Waals surface area contributed by atoms with Crippen molar-refractivity contribution in [2.45, 2.75) is 6.04 Å². The number of nitrogens with two attached hydrogens (primary N) is 1. The highest BCUT2D eigenvalue weighted by Crippen LogP contribution is 2.42. The van der Waals surface area contributed by atoms with Gasteiger partial charge in [0.2, 0.25) is 0 Å². The van der Waals surface area contributed by atoms with E-state index in [1.54, 1.807) is 12.1 Å². The number of anilines is 2. The van der Waals surface area contributed by atoms with E-state index < -0.39 is 0 Å². The monoisotopic (exact) mass is 263 g/mol. The highest BCUT2D eigenvalue weighted by molar-refractivity contribution is 6.09. The summed E-state index contributed by atoms with van der Waals surface area (Å²) in [6.07, 6.45) is 1.77. The number of nitrogen functional groups attached to an aromatic ring is 1. The summed E-state index contributed by atoms with van der Waals surface area (Å²) in [7, 11) is 0. The summed E-state index contributed by atoms with van der Waals surface area (Å²) in [6.45, 7) is 0. The zero-order valence-electron chi connectivity index (χ0n) is 10.7. The van der Waals surface area contributed by atoms with Gasteiger partial charge in [0.05, 0.1) is 11.4 Å². The number of hydrogen-bond donors (Lipinski definition) is 3. The fourth-order valence-corrected chi connectivity index (χ4v) is 2.71. The van der Waals surface area contributed by atoms with Crippen LogP contribution in [-0.2, 0) is 0 Å². The van der Waals surface area contributed by atoms with E-state index in [-0.39, 0.29) is 6.04 Å². The topological polar surface area (TPSA) is 71.1 Å². The van der Waals surface area contributed by atoms with Gasteiger partial charge >= 0.3 is 0 Å². The van der Waals surface area contributed by atoms with E-state index in [9.17, 15) is 0 Å². The molecule has 4 rings (SSSR count). The minimum atomic E-state index is -0.0450. The Morgan fingerprint density at radius 1 is 1.15 bits per heavy atom. The van der Waals surface area contributed by atoms with Crippen molar-refractivity contribution >= 4 is 17.1 Å². The lowest BCUT2D eigenvalue weighted by Gasteiger charge is -2.33. The van der Waals surface area contributed by atoms with E-state index in [1.807, 2.05) is 36.4 Å². The van der Waals surface area contributed by atoms with E-state index in [2.05, 4.69) is 5.32 Å². The molecule has 0 radical (unpaired) electrons. The number of hydrogen-bond acceptors (Lipinski definition) is 4. The second-order valence-electron chi connectivity index (χ2n) is 4.98. The average molecular weight is 263 g/mol. The van der Waals surface area contributed by atoms with Crippen molar-refractivity contribution in [3.05, 3.63) is 65.4 Å². The van der Waals surface area contributed by atoms with Gasteiger partial charge in [0.1, 0.15) is 11.8 Å². The molecule has 20 heavy (non-hydrogen) atoms. The number of benzene rings is 2. The van der Waals surface area contributed by atoms with E-state index in [0.717, 1.165) is 22.6 Å². The van der Waals surface area contributed by atoms with E-state index in [4.69, 9.17) is 15.9 Å². The lowest BCUT2D eigenvalue weighted by atomic mass is 9.89. The number of ether oxygens (including phenoxy) is 1. The standard InChI is InChI=1S/C16H13N3O/c17-9-5-6-13-14(7-9)20-15-8-12(18)10-3-1-2-4-11(10)16(15)19-13/h1-8,16,18-19H,17H2. The maximum absolute atomic E-state index is 8.11. The third kappa shape index (κ3) is 1.51. The van der Waals surface area contributed by atoms with Crippen LogP contribution < -0.4 is 15.8 Å². The molecular weight excluding hydrogens is 250 g/mol. The van der Waals surface area contributed by atoms with Crippen LogP contribution >= 0.6 is 0 Å². The van der Waals surface area contributed by atoms with Crippen LogP contribution in [0.5, 0.6) is 5.75 Å². The van der Waals surface area contributed by atoms with Crippen LogP contribution in [0.4, 0.5) is 11.4 Å². The van der Waals surface area contributed by atoms with Crippen LogP contribution in [0.3, 0.4) is 0 Å². The van der Waals surface area contributed by atoms with E-state index in [1.165, 1.54) is 0 Å². The Labute approximate surface area is 116 Å². The molecule has 1 aliphatic carbocycles. The Hall–Kier alpha value is -2.75. The van der Waals surface area contributed by atoms with E-state index in [0.29, 0.717) is 17.1 Å². The van der Waals surface area contributed by atoms with Crippen molar-refractivity contribution in [3.8, 4) is 5.75 Å². The smallest absolute Gasteiger partial charge is 0.152 e. The van der Waals surface area contributed by atoms with E-state index >= 15 is 0 Å². The van der Waals surface area contributed by atoms with Crippen molar-refractivity contribution in [1.82, 2.24) is 0 Å². The highest BCUT2D eigenvalue weighted by atomic mass is 16.5. The largest absolute Gasteiger partial charge is 0.457 e. The van der Waals surface area contributed by atoms with Crippen molar-refractivity contribution in [2.75, 3.05) is 11.1 Å². The van der Waals surface area contributed by atoms with Gasteiger partial charge in [0.15, 0.2) is 5.75 Å². The molecule has 1 unspecified atom stereocenters. The van der Waals surface area contributed by atoms with Crippen LogP contribution in [0.25, 0.3) is 0 Å². The molecule has 0 aromatic heterocycles. The maximum Gasteiger partial charge on any atom is 0.152 e. The third-order valence-electron chi connectivity index (χ3n) is 3.67. The fraction of sp³-hybridized carbons (Fsp3) is 0.0625. The average Bonchev–Trinajstić information content (AvgIpc) is 2.46. The summed E-state index contributed by atoms with van der Waals surface area (Å²) < 4.78 is 5.92. The SMILES string of the molecule is N=C1C=C2Oc3cc(N)ccc3NC2c2ccccc21. The molecule has 2 aliphatic rings. The molecule has 1 aliphatic heterocycles. The zero-order chi connectivity index (χ0) is 13.7. The summed E-state index contributed by atoms with van der Waals surface area (Å²) >= 11 is 0. The minimum absolute atomic E-state index is 0.0450. The predicted molar refractivity (Wildman–Crippen MR) is 79.2 cm³/mol. The maximum atomic E-state index is 8.11. The molecule has 0 spiro atoms. The van der Waals surface area contributed by atoms with Crippen molar-refractivity contribution in [3.63, 3.8) is 0 Å². The fourth-order valence-electron chi connectivity index (χ4n) is 2.71. The summed E-state index contributed by atoms with van der Waals surface area (Å²) in [5.74, 6) is 1.45. The lowest BCUT2D eigenvalue weighted by Crippen LogP contribution is -2.27. The molecule has 1 heterocycles. The molecule has 0 amide bonds. The molecule has 0 saturated carbocycles. The van der Waals surface area contributed by atoms with Crippen LogP contribution in [0.2, 0.25) is 0 Å². The Kier molecular flexibility index (Phi) is 2.15. The second-order valence-corrected chi connectivity index (χ2v) is 4.98. The van der Waals surface area contributed by atoms with Crippen molar-refractivity contribution in [2.24, 2.45) is 0 Å². The number of allylic oxidation sites excluding steroid dienone is 1. The molecule has 4 nitrogen and oxygen atoms in total. The first-order valence-electron chi connectivity index (χ1n) is 6.46. The van der Waals surface area contributed by atoms with Gasteiger partial charge in [-0.1, -0.05) is 24.3 Å². The number of nitrogens with one attached hydrogen (secondary N) is 2. The van der Waals surface area contributed by atoms with Crippen LogP contribution in [-0.4, -0.2) is 5.71 Å². The molecule has 4 heteroatoms. The first-order chi connectivity index (χ1) is 9.72. The lowest BCUT2D eigenvalue weighted by molar-refractivity contribution is 0.380. The molecule has 4 N–H and O–H groups in total. The minimum Gasteiger partial charge on any atom is -0.457 e. The van der Waals surface area contributed by atoms with Gasteiger partial charge < -0.3 is 21.2 Å². The van der Waals surface area contributed by atoms with Crippen LogP contribution in [0, 0.1) is 5.41 Å². The van der Waals surface area contributed by atoms with Gasteiger partial charge in [-0.15, -0.1) is 0 Å². The summed E-state index contributed by atoms with van der Waals surface area (Å²) in [4.78, 5) is 0. The molecule has 98 valence electrons. The molecule has 0 fully saturated rings. The Morgan fingerprint density at radius 3 is 2.90 bits per heavy atom. The van der Waals surface area contributed by atoms with Gasteiger partial charge in [-0.05, 0) is 17.7 Å². The van der Waals surface area contributed by atoms with Crippen LogP contribution in [0.15, 0.2) is 54.3 Å². The molecule has 0 saturated heterocycles. The Morgan fingerprint density at radius 2 is 2.00 bits per heavy atom. The van der Waals surface area contributed by atoms with Gasteiger partial charge in [0.25, 0.3) is 0 Å². The first kappa shape index (κ1) is 11.1. The van der Waals surface area contributed by atoms with Crippen LogP contribution in [0.1, 0.15) is 17.2 Å². The summed E-state index contributed by atoms with van der Waals surface area (Å²) in [5, 5.41) is 11.6. The second kappa shape index (κ2) is 3.87. The quantitative estimate of drug-likeness (QED) is 0.640. The predicted octanol–water partition coefficient (Wildman–Crippen LogP) is 3.08. The molecule has 1 atom stereocenters. The van der Waals surface area contributed by atoms with Gasteiger partial charge in [-0.3, -0.25) is 0 Å². The van der Waals surface area contributed by atoms with Gasteiger partial charge in [-0.2, -0.15) is 0 Å². The molecule has 2 aromatic rings. The van der Waals surface area contributed by atoms with Gasteiger partial charge in [-0.25, -0.2) is 0 Å². The zero-order valence-corrected chi connectivity index (χ0v) is 10.7. The highest BCUT2D eigenvalue weighted by Gasteiger charge is 2.31. The molecular formula is C16H13N3O.